The molecule has 0 fully saturated rings. The lowest BCUT2D eigenvalue weighted by molar-refractivity contribution is 1.07. The first-order valence-corrected chi connectivity index (χ1v) is 5.63. The van der Waals surface area contributed by atoms with E-state index in [4.69, 9.17) is 0 Å². The molecular formula is C15H17N. The van der Waals surface area contributed by atoms with E-state index in [1.807, 2.05) is 13.1 Å². The Kier molecular flexibility index (Phi) is 3.04. The number of benzene rings is 1. The van der Waals surface area contributed by atoms with Gasteiger partial charge in [0.15, 0.2) is 0 Å². The minimum Gasteiger partial charge on any atom is -0.261 e. The highest BCUT2D eigenvalue weighted by Gasteiger charge is 2.03. The fraction of sp³-hybridized carbons (Fsp3) is 0.267. The molecule has 0 atom stereocenters. The van der Waals surface area contributed by atoms with E-state index in [0.717, 1.165) is 12.1 Å². The molecule has 16 heavy (non-hydrogen) atoms. The molecule has 0 saturated carbocycles. The van der Waals surface area contributed by atoms with Gasteiger partial charge in [0.2, 0.25) is 0 Å². The Balaban J connectivity index is 2.34. The summed E-state index contributed by atoms with van der Waals surface area (Å²) in [6, 6.07) is 10.7. The van der Waals surface area contributed by atoms with Crippen LogP contribution in [0.25, 0.3) is 0 Å². The SMILES string of the molecule is Cc1cc(Cc2ccccc2C)c(C)cn1. The third-order valence-corrected chi connectivity index (χ3v) is 2.99. The second-order valence-corrected chi connectivity index (χ2v) is 4.36. The van der Waals surface area contributed by atoms with Crippen molar-refractivity contribution in [3.05, 3.63) is 64.5 Å². The molecule has 0 aliphatic heterocycles. The van der Waals surface area contributed by atoms with Crippen molar-refractivity contribution in [1.82, 2.24) is 4.98 Å². The zero-order valence-corrected chi connectivity index (χ0v) is 10.1. The second kappa shape index (κ2) is 4.48. The van der Waals surface area contributed by atoms with Crippen molar-refractivity contribution >= 4 is 0 Å². The van der Waals surface area contributed by atoms with Crippen LogP contribution >= 0.6 is 0 Å². The highest BCUT2D eigenvalue weighted by molar-refractivity contribution is 5.35. The van der Waals surface area contributed by atoms with Crippen molar-refractivity contribution in [2.45, 2.75) is 27.2 Å². The predicted octanol–water partition coefficient (Wildman–Crippen LogP) is 3.60. The van der Waals surface area contributed by atoms with Crippen molar-refractivity contribution < 1.29 is 0 Å². The molecule has 0 amide bonds. The quantitative estimate of drug-likeness (QED) is 0.739. The minimum atomic E-state index is 1.00. The topological polar surface area (TPSA) is 12.9 Å². The van der Waals surface area contributed by atoms with Crippen LogP contribution in [-0.4, -0.2) is 4.98 Å². The normalized spacial score (nSPS) is 10.4. The van der Waals surface area contributed by atoms with Crippen LogP contribution in [-0.2, 0) is 6.42 Å². The van der Waals surface area contributed by atoms with E-state index >= 15 is 0 Å². The van der Waals surface area contributed by atoms with E-state index in [-0.39, 0.29) is 0 Å². The molecule has 0 aliphatic carbocycles. The Morgan fingerprint density at radius 1 is 0.938 bits per heavy atom. The molecule has 2 aromatic rings. The van der Waals surface area contributed by atoms with Crippen LogP contribution in [0.15, 0.2) is 36.5 Å². The van der Waals surface area contributed by atoms with Crippen LogP contribution < -0.4 is 0 Å². The van der Waals surface area contributed by atoms with Crippen LogP contribution in [0.2, 0.25) is 0 Å². The number of pyridine rings is 1. The predicted molar refractivity (Wildman–Crippen MR) is 67.7 cm³/mol. The Morgan fingerprint density at radius 2 is 1.69 bits per heavy atom. The van der Waals surface area contributed by atoms with Crippen molar-refractivity contribution in [3.63, 3.8) is 0 Å². The number of hydrogen-bond donors (Lipinski definition) is 0. The molecule has 0 aliphatic rings. The molecule has 1 heteroatoms. The molecule has 0 spiro atoms. The maximum absolute atomic E-state index is 4.30. The highest BCUT2D eigenvalue weighted by atomic mass is 14.7. The summed E-state index contributed by atoms with van der Waals surface area (Å²) in [6.45, 7) is 6.33. The minimum absolute atomic E-state index is 1.00. The first-order valence-electron chi connectivity index (χ1n) is 5.63. The van der Waals surface area contributed by atoms with Crippen LogP contribution in [0.1, 0.15) is 27.9 Å². The lowest BCUT2D eigenvalue weighted by Crippen LogP contribution is -1.96. The smallest absolute Gasteiger partial charge is 0.0375 e. The van der Waals surface area contributed by atoms with Crippen molar-refractivity contribution in [1.29, 1.82) is 0 Å². The number of rotatable bonds is 2. The Bertz CT molecular complexity index is 501. The summed E-state index contributed by atoms with van der Waals surface area (Å²) in [5.74, 6) is 0. The average molecular weight is 211 g/mol. The first kappa shape index (κ1) is 10.9. The summed E-state index contributed by atoms with van der Waals surface area (Å²) in [4.78, 5) is 4.30. The highest BCUT2D eigenvalue weighted by Crippen LogP contribution is 2.16. The zero-order chi connectivity index (χ0) is 11.5. The Hall–Kier alpha value is -1.63. The van der Waals surface area contributed by atoms with Gasteiger partial charge in [-0.1, -0.05) is 24.3 Å². The zero-order valence-electron chi connectivity index (χ0n) is 10.1. The van der Waals surface area contributed by atoms with Crippen LogP contribution in [0.5, 0.6) is 0 Å². The number of nitrogens with zero attached hydrogens (tertiary/aromatic N) is 1. The van der Waals surface area contributed by atoms with Gasteiger partial charge in [0.25, 0.3) is 0 Å². The second-order valence-electron chi connectivity index (χ2n) is 4.36. The molecule has 0 radical (unpaired) electrons. The van der Waals surface area contributed by atoms with Crippen LogP contribution in [0, 0.1) is 20.8 Å². The summed E-state index contributed by atoms with van der Waals surface area (Å²) in [5, 5.41) is 0. The molecule has 0 N–H and O–H groups in total. The standard InChI is InChI=1S/C15H17N/c1-11-6-4-5-7-14(11)9-15-8-13(3)16-10-12(15)2/h4-8,10H,9H2,1-3H3. The largest absolute Gasteiger partial charge is 0.261 e. The molecule has 1 heterocycles. The summed E-state index contributed by atoms with van der Waals surface area (Å²) >= 11 is 0. The van der Waals surface area contributed by atoms with Crippen LogP contribution in [0.3, 0.4) is 0 Å². The fourth-order valence-corrected chi connectivity index (χ4v) is 1.89. The Morgan fingerprint density at radius 3 is 2.44 bits per heavy atom. The van der Waals surface area contributed by atoms with Gasteiger partial charge in [0.1, 0.15) is 0 Å². The van der Waals surface area contributed by atoms with Gasteiger partial charge in [-0.2, -0.15) is 0 Å². The summed E-state index contributed by atoms with van der Waals surface area (Å²) in [7, 11) is 0. The number of aryl methyl sites for hydroxylation is 3. The molecule has 0 saturated heterocycles. The fourth-order valence-electron chi connectivity index (χ4n) is 1.89. The van der Waals surface area contributed by atoms with Gasteiger partial charge >= 0.3 is 0 Å². The molecule has 0 unspecified atom stereocenters. The third-order valence-electron chi connectivity index (χ3n) is 2.99. The van der Waals surface area contributed by atoms with E-state index in [9.17, 15) is 0 Å². The van der Waals surface area contributed by atoms with Gasteiger partial charge in [-0.05, 0) is 55.5 Å². The van der Waals surface area contributed by atoms with Gasteiger partial charge in [0, 0.05) is 11.9 Å². The summed E-state index contributed by atoms with van der Waals surface area (Å²) in [6.07, 6.45) is 2.96. The van der Waals surface area contributed by atoms with Gasteiger partial charge in [0.05, 0.1) is 0 Å². The molecule has 1 nitrogen and oxygen atoms in total. The van der Waals surface area contributed by atoms with E-state index in [0.29, 0.717) is 0 Å². The molecular weight excluding hydrogens is 194 g/mol. The van der Waals surface area contributed by atoms with Gasteiger partial charge < -0.3 is 0 Å². The number of hydrogen-bond acceptors (Lipinski definition) is 1. The summed E-state index contributed by atoms with van der Waals surface area (Å²) < 4.78 is 0. The monoisotopic (exact) mass is 211 g/mol. The lowest BCUT2D eigenvalue weighted by atomic mass is 9.98. The summed E-state index contributed by atoms with van der Waals surface area (Å²) in [5.41, 5.74) is 6.50. The molecule has 0 bridgehead atoms. The molecule has 82 valence electrons. The van der Waals surface area contributed by atoms with Crippen LogP contribution in [0.4, 0.5) is 0 Å². The van der Waals surface area contributed by atoms with E-state index < -0.39 is 0 Å². The van der Waals surface area contributed by atoms with Gasteiger partial charge in [-0.25, -0.2) is 0 Å². The number of aromatic nitrogens is 1. The molecule has 1 aromatic carbocycles. The van der Waals surface area contributed by atoms with E-state index in [2.05, 4.69) is 49.2 Å². The maximum atomic E-state index is 4.30. The average Bonchev–Trinajstić information content (AvgIpc) is 2.27. The lowest BCUT2D eigenvalue weighted by Gasteiger charge is -2.08. The Labute approximate surface area is 97.2 Å². The first-order chi connectivity index (χ1) is 7.66. The van der Waals surface area contributed by atoms with Crippen molar-refractivity contribution in [2.75, 3.05) is 0 Å². The van der Waals surface area contributed by atoms with Crippen molar-refractivity contribution in [2.24, 2.45) is 0 Å². The van der Waals surface area contributed by atoms with Crippen molar-refractivity contribution in [3.8, 4) is 0 Å². The molecule has 1 aromatic heterocycles. The van der Waals surface area contributed by atoms with E-state index in [1.165, 1.54) is 22.3 Å². The maximum Gasteiger partial charge on any atom is 0.0375 e. The third kappa shape index (κ3) is 2.30. The van der Waals surface area contributed by atoms with Gasteiger partial charge in [-0.15, -0.1) is 0 Å². The molecule has 2 rings (SSSR count). The van der Waals surface area contributed by atoms with E-state index in [1.54, 1.807) is 0 Å². The van der Waals surface area contributed by atoms with Gasteiger partial charge in [-0.3, -0.25) is 4.98 Å².